The monoisotopic (exact) mass is 184 g/mol. The summed E-state index contributed by atoms with van der Waals surface area (Å²) in [5, 5.41) is 0. The van der Waals surface area contributed by atoms with Crippen molar-refractivity contribution in [2.45, 2.75) is 6.42 Å². The van der Waals surface area contributed by atoms with Crippen LogP contribution in [0.5, 0.6) is 0 Å². The summed E-state index contributed by atoms with van der Waals surface area (Å²) in [4.78, 5) is 15.0. The molecule has 0 radical (unpaired) electrons. The highest BCUT2D eigenvalue weighted by atomic mass is 16.5. The first-order valence-electron chi connectivity index (χ1n) is 4.67. The Morgan fingerprint density at radius 1 is 1.46 bits per heavy atom. The Bertz CT molecular complexity index is 214. The largest absolute Gasteiger partial charge is 0.381 e. The third-order valence-electron chi connectivity index (χ3n) is 2.89. The lowest BCUT2D eigenvalue weighted by Crippen LogP contribution is -2.60. The van der Waals surface area contributed by atoms with Gasteiger partial charge in [-0.2, -0.15) is 0 Å². The van der Waals surface area contributed by atoms with Crippen LogP contribution in [0.25, 0.3) is 0 Å². The minimum Gasteiger partial charge on any atom is -0.381 e. The van der Waals surface area contributed by atoms with Gasteiger partial charge in [0.1, 0.15) is 0 Å². The van der Waals surface area contributed by atoms with Gasteiger partial charge in [0.05, 0.1) is 6.61 Å². The van der Waals surface area contributed by atoms with Crippen LogP contribution in [-0.4, -0.2) is 56.2 Å². The van der Waals surface area contributed by atoms with Crippen LogP contribution >= 0.6 is 0 Å². The van der Waals surface area contributed by atoms with Gasteiger partial charge >= 0.3 is 6.03 Å². The molecular formula is C9H16N2O2. The molecule has 0 aromatic rings. The molecule has 4 heteroatoms. The second-order valence-corrected chi connectivity index (χ2v) is 4.34. The fraction of sp³-hybridized carbons (Fsp3) is 0.889. The number of urea groups is 1. The van der Waals surface area contributed by atoms with Crippen molar-refractivity contribution in [3.8, 4) is 0 Å². The Morgan fingerprint density at radius 3 is 2.62 bits per heavy atom. The van der Waals surface area contributed by atoms with Gasteiger partial charge in [0.25, 0.3) is 0 Å². The molecule has 0 saturated carbocycles. The summed E-state index contributed by atoms with van der Waals surface area (Å²) in [7, 11) is 3.58. The summed E-state index contributed by atoms with van der Waals surface area (Å²) in [6.45, 7) is 3.46. The maximum absolute atomic E-state index is 11.5. The van der Waals surface area contributed by atoms with E-state index in [4.69, 9.17) is 4.74 Å². The lowest BCUT2D eigenvalue weighted by atomic mass is 9.79. The van der Waals surface area contributed by atoms with Crippen molar-refractivity contribution in [3.63, 3.8) is 0 Å². The summed E-state index contributed by atoms with van der Waals surface area (Å²) in [5.41, 5.74) is 0.311. The van der Waals surface area contributed by atoms with Gasteiger partial charge in [0.15, 0.2) is 0 Å². The molecule has 2 aliphatic heterocycles. The van der Waals surface area contributed by atoms with E-state index in [0.29, 0.717) is 5.41 Å². The Kier molecular flexibility index (Phi) is 1.95. The molecule has 13 heavy (non-hydrogen) atoms. The average molecular weight is 184 g/mol. The normalized spacial score (nSPS) is 24.6. The smallest absolute Gasteiger partial charge is 0.319 e. The van der Waals surface area contributed by atoms with Crippen molar-refractivity contribution in [1.82, 2.24) is 9.80 Å². The number of amides is 2. The summed E-state index contributed by atoms with van der Waals surface area (Å²) in [6, 6.07) is 0.123. The van der Waals surface area contributed by atoms with Gasteiger partial charge in [-0.15, -0.1) is 0 Å². The molecule has 0 bridgehead atoms. The van der Waals surface area contributed by atoms with E-state index in [1.807, 2.05) is 4.90 Å². The van der Waals surface area contributed by atoms with Crippen LogP contribution in [0.2, 0.25) is 0 Å². The first-order chi connectivity index (χ1) is 6.13. The van der Waals surface area contributed by atoms with Crippen molar-refractivity contribution in [1.29, 1.82) is 0 Å². The van der Waals surface area contributed by atoms with Crippen LogP contribution in [0, 0.1) is 5.41 Å². The maximum Gasteiger partial charge on any atom is 0.319 e. The van der Waals surface area contributed by atoms with Crippen LogP contribution in [0.1, 0.15) is 6.42 Å². The number of hydrogen-bond acceptors (Lipinski definition) is 2. The van der Waals surface area contributed by atoms with E-state index >= 15 is 0 Å². The molecule has 1 spiro atoms. The molecule has 74 valence electrons. The second-order valence-electron chi connectivity index (χ2n) is 4.34. The number of ether oxygens (including phenoxy) is 1. The molecule has 0 unspecified atom stereocenters. The van der Waals surface area contributed by atoms with E-state index in [1.54, 1.807) is 19.0 Å². The highest BCUT2D eigenvalue weighted by Gasteiger charge is 2.47. The van der Waals surface area contributed by atoms with E-state index in [9.17, 15) is 4.79 Å². The standard InChI is InChI=1S/C9H16N2O2/c1-10(2)8(12)11-5-9(6-11)3-4-13-7-9/h3-7H2,1-2H3. The number of nitrogens with zero attached hydrogens (tertiary/aromatic N) is 2. The average Bonchev–Trinajstić information content (AvgIpc) is 2.47. The first-order valence-corrected chi connectivity index (χ1v) is 4.67. The summed E-state index contributed by atoms with van der Waals surface area (Å²) in [5.74, 6) is 0. The number of carbonyl (C=O) groups excluding carboxylic acids is 1. The molecule has 2 saturated heterocycles. The highest BCUT2D eigenvalue weighted by Crippen LogP contribution is 2.38. The van der Waals surface area contributed by atoms with Crippen molar-refractivity contribution in [2.75, 3.05) is 40.4 Å². The highest BCUT2D eigenvalue weighted by molar-refractivity contribution is 5.75. The van der Waals surface area contributed by atoms with Crippen LogP contribution in [-0.2, 0) is 4.74 Å². The lowest BCUT2D eigenvalue weighted by molar-refractivity contribution is 0.0129. The van der Waals surface area contributed by atoms with Gasteiger partial charge in [0, 0.05) is 39.2 Å². The molecule has 2 heterocycles. The summed E-state index contributed by atoms with van der Waals surface area (Å²) in [6.07, 6.45) is 1.12. The molecule has 2 rings (SSSR count). The predicted molar refractivity (Wildman–Crippen MR) is 48.5 cm³/mol. The molecule has 2 aliphatic rings. The molecule has 0 atom stereocenters. The zero-order chi connectivity index (χ0) is 9.47. The molecule has 0 aromatic heterocycles. The van der Waals surface area contributed by atoms with E-state index in [0.717, 1.165) is 32.7 Å². The Hall–Kier alpha value is -0.770. The third-order valence-corrected chi connectivity index (χ3v) is 2.89. The minimum atomic E-state index is 0.123. The minimum absolute atomic E-state index is 0.123. The number of hydrogen-bond donors (Lipinski definition) is 0. The molecule has 0 aromatic carbocycles. The predicted octanol–water partition coefficient (Wildman–Crippen LogP) is 0.390. The van der Waals surface area contributed by atoms with Gasteiger partial charge in [-0.3, -0.25) is 0 Å². The SMILES string of the molecule is CN(C)C(=O)N1CC2(CCOC2)C1. The topological polar surface area (TPSA) is 32.8 Å². The van der Waals surface area contributed by atoms with E-state index in [-0.39, 0.29) is 6.03 Å². The molecular weight excluding hydrogens is 168 g/mol. The first kappa shape index (κ1) is 8.81. The quantitative estimate of drug-likeness (QED) is 0.545. The molecule has 2 fully saturated rings. The fourth-order valence-electron chi connectivity index (χ4n) is 2.08. The summed E-state index contributed by atoms with van der Waals surface area (Å²) < 4.78 is 5.34. The van der Waals surface area contributed by atoms with Crippen LogP contribution in [0.3, 0.4) is 0 Å². The fourth-order valence-corrected chi connectivity index (χ4v) is 2.08. The molecule has 2 amide bonds. The number of carbonyl (C=O) groups is 1. The Morgan fingerprint density at radius 2 is 2.15 bits per heavy atom. The Labute approximate surface area is 78.4 Å². The van der Waals surface area contributed by atoms with Crippen LogP contribution < -0.4 is 0 Å². The molecule has 0 aliphatic carbocycles. The molecule has 0 N–H and O–H groups in total. The van der Waals surface area contributed by atoms with Gasteiger partial charge in [-0.1, -0.05) is 0 Å². The summed E-state index contributed by atoms with van der Waals surface area (Å²) >= 11 is 0. The van der Waals surface area contributed by atoms with Gasteiger partial charge in [-0.25, -0.2) is 4.79 Å². The number of likely N-dealkylation sites (tertiary alicyclic amines) is 1. The van der Waals surface area contributed by atoms with E-state index in [2.05, 4.69) is 0 Å². The zero-order valence-corrected chi connectivity index (χ0v) is 8.25. The van der Waals surface area contributed by atoms with E-state index in [1.165, 1.54) is 0 Å². The van der Waals surface area contributed by atoms with Gasteiger partial charge < -0.3 is 14.5 Å². The van der Waals surface area contributed by atoms with Crippen molar-refractivity contribution < 1.29 is 9.53 Å². The van der Waals surface area contributed by atoms with Crippen molar-refractivity contribution >= 4 is 6.03 Å². The van der Waals surface area contributed by atoms with Gasteiger partial charge in [-0.05, 0) is 6.42 Å². The Balaban J connectivity index is 1.87. The maximum atomic E-state index is 11.5. The van der Waals surface area contributed by atoms with Crippen LogP contribution in [0.4, 0.5) is 4.79 Å². The van der Waals surface area contributed by atoms with Crippen molar-refractivity contribution in [3.05, 3.63) is 0 Å². The number of rotatable bonds is 0. The lowest BCUT2D eigenvalue weighted by Gasteiger charge is -2.47. The van der Waals surface area contributed by atoms with Crippen molar-refractivity contribution in [2.24, 2.45) is 5.41 Å². The third kappa shape index (κ3) is 1.39. The van der Waals surface area contributed by atoms with Crippen LogP contribution in [0.15, 0.2) is 0 Å². The van der Waals surface area contributed by atoms with E-state index < -0.39 is 0 Å². The second kappa shape index (κ2) is 2.87. The molecule has 4 nitrogen and oxygen atoms in total. The van der Waals surface area contributed by atoms with Gasteiger partial charge in [0.2, 0.25) is 0 Å². The zero-order valence-electron chi connectivity index (χ0n) is 8.25.